The summed E-state index contributed by atoms with van der Waals surface area (Å²) in [5.74, 6) is 0.374. The van der Waals surface area contributed by atoms with E-state index < -0.39 is 0 Å². The van der Waals surface area contributed by atoms with Crippen LogP contribution in [0, 0.1) is 13.8 Å². The minimum atomic E-state index is 0.374. The fraction of sp³-hybridized carbons (Fsp3) is 0.450. The smallest absolute Gasteiger partial charge is 0.159 e. The van der Waals surface area contributed by atoms with E-state index in [9.17, 15) is 0 Å². The monoisotopic (exact) mass is 337 g/mol. The average Bonchev–Trinajstić information content (AvgIpc) is 2.89. The van der Waals surface area contributed by atoms with Gasteiger partial charge >= 0.3 is 0 Å². The topological polar surface area (TPSA) is 69.6 Å². The first kappa shape index (κ1) is 17.5. The first-order valence-corrected chi connectivity index (χ1v) is 9.00. The van der Waals surface area contributed by atoms with Gasteiger partial charge in [0.05, 0.1) is 17.1 Å². The van der Waals surface area contributed by atoms with Crippen molar-refractivity contribution in [1.29, 1.82) is 0 Å². The van der Waals surface area contributed by atoms with Gasteiger partial charge < -0.3 is 10.3 Å². The van der Waals surface area contributed by atoms with Crippen molar-refractivity contribution in [2.75, 3.05) is 0 Å². The van der Waals surface area contributed by atoms with E-state index >= 15 is 0 Å². The lowest BCUT2D eigenvalue weighted by atomic mass is 10.0. The van der Waals surface area contributed by atoms with Crippen LogP contribution in [0.2, 0.25) is 0 Å². The second kappa shape index (κ2) is 6.92. The molecule has 3 aromatic heterocycles. The second-order valence-electron chi connectivity index (χ2n) is 6.92. The molecule has 0 aromatic carbocycles. The van der Waals surface area contributed by atoms with E-state index in [1.54, 1.807) is 0 Å². The maximum atomic E-state index is 5.98. The zero-order chi connectivity index (χ0) is 18.1. The number of pyridine rings is 1. The van der Waals surface area contributed by atoms with Crippen LogP contribution in [0.3, 0.4) is 0 Å². The van der Waals surface area contributed by atoms with E-state index in [0.717, 1.165) is 58.0 Å². The molecule has 0 amide bonds. The van der Waals surface area contributed by atoms with E-state index in [2.05, 4.69) is 50.6 Å². The standard InChI is InChI=1S/C20H27N5/c1-6-9-25-11-13(4)18-20(25)22-14(5)19(24-18)15-7-8-16(12(2)3)23-17(15)10-21/h7-8,11-12H,6,9-10,21H2,1-5H3. The largest absolute Gasteiger partial charge is 0.331 e. The molecule has 0 saturated carbocycles. The lowest BCUT2D eigenvalue weighted by Gasteiger charge is -2.13. The molecule has 0 aliphatic heterocycles. The van der Waals surface area contributed by atoms with Gasteiger partial charge in [-0.05, 0) is 43.9 Å². The molecule has 3 aromatic rings. The predicted octanol–water partition coefficient (Wildman–Crippen LogP) is 4.10. The van der Waals surface area contributed by atoms with Gasteiger partial charge in [-0.15, -0.1) is 0 Å². The number of aryl methyl sites for hydroxylation is 3. The van der Waals surface area contributed by atoms with E-state index in [0.29, 0.717) is 12.5 Å². The molecule has 0 bridgehead atoms. The molecule has 0 aliphatic rings. The zero-order valence-corrected chi connectivity index (χ0v) is 15.8. The Bertz CT molecular complexity index is 908. The Kier molecular flexibility index (Phi) is 4.86. The van der Waals surface area contributed by atoms with E-state index in [1.165, 1.54) is 0 Å². The van der Waals surface area contributed by atoms with Gasteiger partial charge in [0.15, 0.2) is 5.65 Å². The third-order valence-electron chi connectivity index (χ3n) is 4.55. The zero-order valence-electron chi connectivity index (χ0n) is 15.8. The molecular weight excluding hydrogens is 310 g/mol. The van der Waals surface area contributed by atoms with Gasteiger partial charge in [0.2, 0.25) is 0 Å². The number of hydrogen-bond donors (Lipinski definition) is 1. The molecule has 0 aliphatic carbocycles. The molecule has 0 atom stereocenters. The van der Waals surface area contributed by atoms with Crippen molar-refractivity contribution in [1.82, 2.24) is 19.5 Å². The summed E-state index contributed by atoms with van der Waals surface area (Å²) in [6.45, 7) is 11.9. The average molecular weight is 337 g/mol. The maximum Gasteiger partial charge on any atom is 0.159 e. The molecule has 5 heteroatoms. The highest BCUT2D eigenvalue weighted by atomic mass is 15.1. The summed E-state index contributed by atoms with van der Waals surface area (Å²) in [7, 11) is 0. The van der Waals surface area contributed by atoms with Crippen molar-refractivity contribution >= 4 is 11.2 Å². The number of nitrogens with zero attached hydrogens (tertiary/aromatic N) is 4. The van der Waals surface area contributed by atoms with Crippen LogP contribution in [0.15, 0.2) is 18.3 Å². The van der Waals surface area contributed by atoms with Crippen molar-refractivity contribution < 1.29 is 0 Å². The summed E-state index contributed by atoms with van der Waals surface area (Å²) in [4.78, 5) is 14.6. The molecule has 25 heavy (non-hydrogen) atoms. The number of nitrogens with two attached hydrogens (primary N) is 1. The number of rotatable bonds is 5. The molecular formula is C20H27N5. The van der Waals surface area contributed by atoms with Gasteiger partial charge in [-0.25, -0.2) is 9.97 Å². The Morgan fingerprint density at radius 3 is 2.52 bits per heavy atom. The second-order valence-corrected chi connectivity index (χ2v) is 6.92. The quantitative estimate of drug-likeness (QED) is 0.761. The minimum Gasteiger partial charge on any atom is -0.331 e. The van der Waals surface area contributed by atoms with E-state index in [4.69, 9.17) is 20.7 Å². The summed E-state index contributed by atoms with van der Waals surface area (Å²) < 4.78 is 2.19. The van der Waals surface area contributed by atoms with E-state index in [1.807, 2.05) is 6.92 Å². The van der Waals surface area contributed by atoms with Crippen molar-refractivity contribution in [3.8, 4) is 11.3 Å². The van der Waals surface area contributed by atoms with Gasteiger partial charge in [0, 0.05) is 30.5 Å². The molecule has 0 saturated heterocycles. The van der Waals surface area contributed by atoms with Gasteiger partial charge in [-0.2, -0.15) is 0 Å². The van der Waals surface area contributed by atoms with Crippen molar-refractivity contribution in [3.63, 3.8) is 0 Å². The third-order valence-corrected chi connectivity index (χ3v) is 4.55. The van der Waals surface area contributed by atoms with Gasteiger partial charge in [-0.3, -0.25) is 4.98 Å². The van der Waals surface area contributed by atoms with Crippen LogP contribution in [0.25, 0.3) is 22.4 Å². The Balaban J connectivity index is 2.19. The maximum absolute atomic E-state index is 5.98. The van der Waals surface area contributed by atoms with Crippen LogP contribution >= 0.6 is 0 Å². The molecule has 5 nitrogen and oxygen atoms in total. The molecule has 0 unspecified atom stereocenters. The Labute approximate surface area is 149 Å². The fourth-order valence-corrected chi connectivity index (χ4v) is 3.21. The van der Waals surface area contributed by atoms with Crippen molar-refractivity contribution in [3.05, 3.63) is 41.0 Å². The number of aromatic nitrogens is 4. The molecule has 0 spiro atoms. The van der Waals surface area contributed by atoms with Crippen LogP contribution in [-0.2, 0) is 13.1 Å². The summed E-state index contributed by atoms with van der Waals surface area (Å²) in [6.07, 6.45) is 3.21. The van der Waals surface area contributed by atoms with Crippen LogP contribution in [0.1, 0.15) is 55.8 Å². The Morgan fingerprint density at radius 2 is 1.88 bits per heavy atom. The highest BCUT2D eigenvalue weighted by molar-refractivity contribution is 5.80. The highest BCUT2D eigenvalue weighted by Crippen LogP contribution is 2.28. The summed E-state index contributed by atoms with van der Waals surface area (Å²) in [5.41, 5.74) is 13.8. The van der Waals surface area contributed by atoms with Crippen LogP contribution in [-0.4, -0.2) is 19.5 Å². The summed E-state index contributed by atoms with van der Waals surface area (Å²) in [6, 6.07) is 4.16. The normalized spacial score (nSPS) is 11.6. The lowest BCUT2D eigenvalue weighted by molar-refractivity contribution is 0.695. The van der Waals surface area contributed by atoms with Gasteiger partial charge in [-0.1, -0.05) is 20.8 Å². The Morgan fingerprint density at radius 1 is 1.12 bits per heavy atom. The fourth-order valence-electron chi connectivity index (χ4n) is 3.21. The highest BCUT2D eigenvalue weighted by Gasteiger charge is 2.16. The molecule has 0 radical (unpaired) electrons. The van der Waals surface area contributed by atoms with Crippen LogP contribution in [0.5, 0.6) is 0 Å². The van der Waals surface area contributed by atoms with Crippen LogP contribution in [0.4, 0.5) is 0 Å². The van der Waals surface area contributed by atoms with Crippen molar-refractivity contribution in [2.24, 2.45) is 5.73 Å². The lowest BCUT2D eigenvalue weighted by Crippen LogP contribution is -2.07. The number of fused-ring (bicyclic) bond motifs is 1. The third kappa shape index (κ3) is 3.16. The summed E-state index contributed by atoms with van der Waals surface area (Å²) >= 11 is 0. The predicted molar refractivity (Wildman–Crippen MR) is 103 cm³/mol. The summed E-state index contributed by atoms with van der Waals surface area (Å²) in [5, 5.41) is 0. The molecule has 3 rings (SSSR count). The van der Waals surface area contributed by atoms with Crippen LogP contribution < -0.4 is 5.73 Å². The first-order chi connectivity index (χ1) is 12.0. The minimum absolute atomic E-state index is 0.374. The Hall–Kier alpha value is -2.27. The molecule has 3 heterocycles. The molecule has 132 valence electrons. The van der Waals surface area contributed by atoms with Gasteiger partial charge in [0.1, 0.15) is 5.52 Å². The molecule has 0 fully saturated rings. The van der Waals surface area contributed by atoms with E-state index in [-0.39, 0.29) is 0 Å². The number of hydrogen-bond acceptors (Lipinski definition) is 4. The van der Waals surface area contributed by atoms with Crippen molar-refractivity contribution in [2.45, 2.75) is 60.0 Å². The van der Waals surface area contributed by atoms with Gasteiger partial charge in [0.25, 0.3) is 0 Å². The SMILES string of the molecule is CCCn1cc(C)c2nc(-c3ccc(C(C)C)nc3CN)c(C)nc21. The first-order valence-electron chi connectivity index (χ1n) is 9.00. The molecule has 2 N–H and O–H groups in total.